The molecule has 0 amide bonds. The molecule has 1 nitrogen and oxygen atoms in total. The van der Waals surface area contributed by atoms with Gasteiger partial charge >= 0.3 is 209 Å². The van der Waals surface area contributed by atoms with Crippen LogP contribution in [-0.2, 0) is 0 Å². The zero-order valence-electron chi connectivity index (χ0n) is 16.5. The van der Waals surface area contributed by atoms with Crippen molar-refractivity contribution in [1.29, 1.82) is 0 Å². The molecule has 0 atom stereocenters. The number of benzene rings is 4. The summed E-state index contributed by atoms with van der Waals surface area (Å²) in [4.78, 5) is 5.22. The second kappa shape index (κ2) is 9.75. The van der Waals surface area contributed by atoms with E-state index >= 15 is 0 Å². The molecule has 0 saturated carbocycles. The summed E-state index contributed by atoms with van der Waals surface area (Å²) in [5.74, 6) is 0. The van der Waals surface area contributed by atoms with Crippen molar-refractivity contribution in [3.8, 4) is 11.1 Å². The molecular weight excluding hydrogens is 629 g/mol. The number of fused-ring (bicyclic) bond motifs is 1. The molecule has 4 heteroatoms. The summed E-state index contributed by atoms with van der Waals surface area (Å²) in [6.45, 7) is 0. The van der Waals surface area contributed by atoms with Gasteiger partial charge in [-0.25, -0.2) is 0 Å². The molecule has 0 bridgehead atoms. The second-order valence-electron chi connectivity index (χ2n) is 6.98. The summed E-state index contributed by atoms with van der Waals surface area (Å²) in [6, 6.07) is 38.6. The van der Waals surface area contributed by atoms with E-state index in [4.69, 9.17) is 16.6 Å². The van der Waals surface area contributed by atoms with Crippen molar-refractivity contribution in [3.63, 3.8) is 0 Å². The molecule has 0 N–H and O–H groups in total. The van der Waals surface area contributed by atoms with Crippen molar-refractivity contribution in [2.75, 3.05) is 0 Å². The summed E-state index contributed by atoms with van der Waals surface area (Å²) >= 11 is 4.99. The van der Waals surface area contributed by atoms with Crippen LogP contribution in [0.25, 0.3) is 22.0 Å². The maximum atomic E-state index is 6.23. The Labute approximate surface area is 207 Å². The van der Waals surface area contributed by atoms with Gasteiger partial charge in [-0.1, -0.05) is 0 Å². The number of hydrogen-bond acceptors (Lipinski definition) is 1. The third-order valence-electron chi connectivity index (χ3n) is 4.87. The van der Waals surface area contributed by atoms with E-state index in [0.717, 1.165) is 10.5 Å². The molecule has 0 aliphatic carbocycles. The van der Waals surface area contributed by atoms with E-state index < -0.39 is 41.8 Å². The van der Waals surface area contributed by atoms with Crippen LogP contribution in [0.2, 0.25) is 5.02 Å². The van der Waals surface area contributed by atoms with Gasteiger partial charge in [0.05, 0.1) is 0 Å². The SMILES string of the molecule is Clc1ccc(-c2c([Te]c3ccccc3)nc3ccccc3c2[Te]c2ccccc2)cc1. The normalized spacial score (nSPS) is 11.0. The first kappa shape index (κ1) is 21.0. The van der Waals surface area contributed by atoms with Gasteiger partial charge in [-0.15, -0.1) is 0 Å². The molecule has 5 aromatic rings. The fraction of sp³-hybridized carbons (Fsp3) is 0. The van der Waals surface area contributed by atoms with E-state index in [1.54, 1.807) is 0 Å². The topological polar surface area (TPSA) is 12.9 Å². The van der Waals surface area contributed by atoms with Crippen molar-refractivity contribution in [2.45, 2.75) is 0 Å². The molecule has 0 spiro atoms. The van der Waals surface area contributed by atoms with E-state index in [2.05, 4.69) is 97.1 Å². The van der Waals surface area contributed by atoms with Crippen LogP contribution in [0.4, 0.5) is 0 Å². The zero-order valence-corrected chi connectivity index (χ0v) is 22.0. The zero-order chi connectivity index (χ0) is 21.0. The molecule has 150 valence electrons. The molecule has 0 radical (unpaired) electrons. The van der Waals surface area contributed by atoms with Gasteiger partial charge in [0.15, 0.2) is 0 Å². The minimum atomic E-state index is -0.640. The number of rotatable bonds is 5. The molecule has 0 saturated heterocycles. The third-order valence-corrected chi connectivity index (χ3v) is 11.2. The predicted molar refractivity (Wildman–Crippen MR) is 135 cm³/mol. The van der Waals surface area contributed by atoms with Gasteiger partial charge < -0.3 is 0 Å². The molecule has 1 heterocycles. The third kappa shape index (κ3) is 4.83. The van der Waals surface area contributed by atoms with Gasteiger partial charge in [-0.2, -0.15) is 0 Å². The molecule has 0 aliphatic rings. The average Bonchev–Trinajstić information content (AvgIpc) is 2.81. The minimum absolute atomic E-state index is 0.601. The number of aromatic nitrogens is 1. The van der Waals surface area contributed by atoms with E-state index in [1.807, 2.05) is 12.1 Å². The van der Waals surface area contributed by atoms with Gasteiger partial charge in [0.25, 0.3) is 0 Å². The average molecular weight is 647 g/mol. The molecule has 5 rings (SSSR count). The standard InChI is InChI=1S/C27H18ClNTe2/c28-20-17-15-19(16-18-20)25-26(30-21-9-3-1-4-10-21)23-13-7-8-14-24(23)29-27(25)31-22-11-5-2-6-12-22/h1-18H. The fourth-order valence-corrected chi connectivity index (χ4v) is 10.2. The summed E-state index contributed by atoms with van der Waals surface area (Å²) in [6.07, 6.45) is 0. The van der Waals surface area contributed by atoms with Gasteiger partial charge in [0.1, 0.15) is 0 Å². The van der Waals surface area contributed by atoms with E-state index in [9.17, 15) is 0 Å². The van der Waals surface area contributed by atoms with Crippen LogP contribution in [0.5, 0.6) is 0 Å². The van der Waals surface area contributed by atoms with Crippen molar-refractivity contribution < 1.29 is 0 Å². The van der Waals surface area contributed by atoms with Crippen LogP contribution >= 0.6 is 11.6 Å². The Kier molecular flexibility index (Phi) is 6.61. The van der Waals surface area contributed by atoms with E-state index in [1.165, 1.54) is 31.1 Å². The molecule has 31 heavy (non-hydrogen) atoms. The molecule has 0 fully saturated rings. The van der Waals surface area contributed by atoms with Crippen molar-refractivity contribution in [1.82, 2.24) is 4.98 Å². The van der Waals surface area contributed by atoms with Crippen LogP contribution in [0.1, 0.15) is 0 Å². The second-order valence-corrected chi connectivity index (χ2v) is 13.5. The number of pyridine rings is 1. The van der Waals surface area contributed by atoms with Crippen LogP contribution in [-0.4, -0.2) is 46.8 Å². The molecular formula is C27H18ClNTe2. The van der Waals surface area contributed by atoms with Gasteiger partial charge in [-0.05, 0) is 0 Å². The number of halogens is 1. The Hall–Kier alpha value is -1.84. The van der Waals surface area contributed by atoms with Crippen LogP contribution < -0.4 is 14.6 Å². The molecule has 0 aliphatic heterocycles. The van der Waals surface area contributed by atoms with Crippen LogP contribution in [0, 0.1) is 0 Å². The van der Waals surface area contributed by atoms with Crippen molar-refractivity contribution in [3.05, 3.63) is 114 Å². The Morgan fingerprint density at radius 3 is 1.84 bits per heavy atom. The first-order chi connectivity index (χ1) is 15.3. The number of hydrogen-bond donors (Lipinski definition) is 0. The molecule has 4 aromatic carbocycles. The summed E-state index contributed by atoms with van der Waals surface area (Å²) in [7, 11) is 0. The van der Waals surface area contributed by atoms with Crippen LogP contribution in [0.3, 0.4) is 0 Å². The summed E-state index contributed by atoms with van der Waals surface area (Å²) < 4.78 is 5.57. The fourth-order valence-electron chi connectivity index (χ4n) is 3.42. The molecule has 1 aromatic heterocycles. The van der Waals surface area contributed by atoms with Crippen LogP contribution in [0.15, 0.2) is 109 Å². The monoisotopic (exact) mass is 651 g/mol. The van der Waals surface area contributed by atoms with Gasteiger partial charge in [0.2, 0.25) is 0 Å². The molecule has 0 unspecified atom stereocenters. The number of nitrogens with zero attached hydrogens (tertiary/aromatic N) is 1. The first-order valence-electron chi connectivity index (χ1n) is 9.92. The maximum absolute atomic E-state index is 6.23. The van der Waals surface area contributed by atoms with Gasteiger partial charge in [0, 0.05) is 0 Å². The predicted octanol–water partition coefficient (Wildman–Crippen LogP) is 3.87. The van der Waals surface area contributed by atoms with E-state index in [0.29, 0.717) is 0 Å². The Morgan fingerprint density at radius 1 is 0.581 bits per heavy atom. The summed E-state index contributed by atoms with van der Waals surface area (Å²) in [5, 5.41) is 2.04. The quantitative estimate of drug-likeness (QED) is 0.265. The van der Waals surface area contributed by atoms with E-state index in [-0.39, 0.29) is 0 Å². The van der Waals surface area contributed by atoms with Crippen molar-refractivity contribution >= 4 is 78.9 Å². The Balaban J connectivity index is 1.77. The van der Waals surface area contributed by atoms with Gasteiger partial charge in [-0.3, -0.25) is 0 Å². The Morgan fingerprint density at radius 2 is 1.16 bits per heavy atom. The van der Waals surface area contributed by atoms with Crippen molar-refractivity contribution in [2.24, 2.45) is 0 Å². The number of para-hydroxylation sites is 1. The first-order valence-corrected chi connectivity index (χ1v) is 15.0. The Bertz CT molecular complexity index is 1320. The summed E-state index contributed by atoms with van der Waals surface area (Å²) in [5.41, 5.74) is 3.65.